The summed E-state index contributed by atoms with van der Waals surface area (Å²) in [6.07, 6.45) is 6.24. The maximum absolute atomic E-state index is 13.6. The van der Waals surface area contributed by atoms with Crippen LogP contribution >= 0.6 is 27.7 Å². The molecule has 0 nitrogen and oxygen atoms in total. The topological polar surface area (TPSA) is 0 Å². The van der Waals surface area contributed by atoms with E-state index < -0.39 is 11.6 Å². The van der Waals surface area contributed by atoms with E-state index in [1.807, 2.05) is 0 Å². The molecule has 0 heterocycles. The Morgan fingerprint density at radius 2 is 1.89 bits per heavy atom. The van der Waals surface area contributed by atoms with Gasteiger partial charge in [0.1, 0.15) is 11.6 Å². The predicted molar refractivity (Wildman–Crippen MR) is 76.4 cm³/mol. The highest BCUT2D eigenvalue weighted by Crippen LogP contribution is 2.42. The minimum atomic E-state index is -0.510. The third-order valence-corrected chi connectivity index (χ3v) is 6.21. The van der Waals surface area contributed by atoms with Gasteiger partial charge in [0, 0.05) is 22.0 Å². The van der Waals surface area contributed by atoms with E-state index in [9.17, 15) is 8.78 Å². The fourth-order valence-electron chi connectivity index (χ4n) is 2.44. The maximum Gasteiger partial charge on any atom is 0.139 e. The summed E-state index contributed by atoms with van der Waals surface area (Å²) in [6.45, 7) is 0. The van der Waals surface area contributed by atoms with Crippen LogP contribution in [0, 0.1) is 17.0 Å². The van der Waals surface area contributed by atoms with Crippen LogP contribution in [-0.4, -0.2) is 11.1 Å². The van der Waals surface area contributed by atoms with Crippen LogP contribution in [0.25, 0.3) is 0 Å². The van der Waals surface area contributed by atoms with Crippen LogP contribution < -0.4 is 0 Å². The third kappa shape index (κ3) is 3.47. The van der Waals surface area contributed by atoms with Crippen molar-refractivity contribution < 1.29 is 8.78 Å². The molecule has 1 aromatic rings. The Balaban J connectivity index is 2.01. The minimum Gasteiger partial charge on any atom is -0.207 e. The van der Waals surface area contributed by atoms with Gasteiger partial charge in [-0.2, -0.15) is 0 Å². The average Bonchev–Trinajstić information content (AvgIpc) is 2.39. The van der Waals surface area contributed by atoms with E-state index in [0.29, 0.717) is 4.90 Å². The van der Waals surface area contributed by atoms with Crippen LogP contribution in [0.1, 0.15) is 32.1 Å². The number of rotatable bonds is 4. The average molecular weight is 335 g/mol. The SMILES string of the molecule is Fc1ccc(SCC2(CBr)CCCCC2)c(F)c1. The van der Waals surface area contributed by atoms with Gasteiger partial charge in [-0.1, -0.05) is 35.2 Å². The molecule has 1 aliphatic rings. The molecule has 4 heteroatoms. The maximum atomic E-state index is 13.6. The molecule has 0 amide bonds. The number of thioether (sulfide) groups is 1. The van der Waals surface area contributed by atoms with Gasteiger partial charge in [-0.25, -0.2) is 8.78 Å². The van der Waals surface area contributed by atoms with Crippen LogP contribution in [0.3, 0.4) is 0 Å². The molecule has 1 aliphatic carbocycles. The highest BCUT2D eigenvalue weighted by Gasteiger charge is 2.31. The summed E-state index contributed by atoms with van der Waals surface area (Å²) in [5.41, 5.74) is 0.281. The molecule has 0 spiro atoms. The molecule has 0 saturated heterocycles. The van der Waals surface area contributed by atoms with Gasteiger partial charge in [0.05, 0.1) is 0 Å². The molecule has 2 rings (SSSR count). The number of alkyl halides is 1. The lowest BCUT2D eigenvalue weighted by molar-refractivity contribution is 0.260. The normalized spacial score (nSPS) is 18.8. The fourth-order valence-corrected chi connectivity index (χ4v) is 4.68. The van der Waals surface area contributed by atoms with E-state index in [-0.39, 0.29) is 5.41 Å². The summed E-state index contributed by atoms with van der Waals surface area (Å²) in [5.74, 6) is -0.0499. The number of benzene rings is 1. The summed E-state index contributed by atoms with van der Waals surface area (Å²) < 4.78 is 26.4. The van der Waals surface area contributed by atoms with Gasteiger partial charge < -0.3 is 0 Å². The number of halogens is 3. The Kier molecular flexibility index (Phi) is 5.07. The van der Waals surface area contributed by atoms with E-state index in [2.05, 4.69) is 15.9 Å². The third-order valence-electron chi connectivity index (χ3n) is 3.63. The summed E-state index contributed by atoms with van der Waals surface area (Å²) in [4.78, 5) is 0.558. The second-order valence-electron chi connectivity index (χ2n) is 5.06. The molecular weight excluding hydrogens is 318 g/mol. The van der Waals surface area contributed by atoms with Crippen LogP contribution in [0.2, 0.25) is 0 Å². The number of hydrogen-bond acceptors (Lipinski definition) is 1. The van der Waals surface area contributed by atoms with E-state index in [4.69, 9.17) is 0 Å². The lowest BCUT2D eigenvalue weighted by atomic mass is 9.77. The van der Waals surface area contributed by atoms with Crippen LogP contribution in [0.4, 0.5) is 8.78 Å². The number of hydrogen-bond donors (Lipinski definition) is 0. The lowest BCUT2D eigenvalue weighted by Gasteiger charge is -2.35. The quantitative estimate of drug-likeness (QED) is 0.524. The molecule has 0 bridgehead atoms. The van der Waals surface area contributed by atoms with Crippen LogP contribution in [0.5, 0.6) is 0 Å². The molecule has 0 aliphatic heterocycles. The molecule has 0 aromatic heterocycles. The molecular formula is C14H17BrF2S. The standard InChI is InChI=1S/C14H17BrF2S/c15-9-14(6-2-1-3-7-14)10-18-13-5-4-11(16)8-12(13)17/h4-5,8H,1-3,6-7,9-10H2. The van der Waals surface area contributed by atoms with Crippen molar-refractivity contribution in [1.29, 1.82) is 0 Å². The highest BCUT2D eigenvalue weighted by molar-refractivity contribution is 9.09. The monoisotopic (exact) mass is 334 g/mol. The minimum absolute atomic E-state index is 0.281. The molecule has 0 atom stereocenters. The van der Waals surface area contributed by atoms with Crippen molar-refractivity contribution in [2.45, 2.75) is 37.0 Å². The van der Waals surface area contributed by atoms with Crippen molar-refractivity contribution >= 4 is 27.7 Å². The molecule has 100 valence electrons. The molecule has 18 heavy (non-hydrogen) atoms. The van der Waals surface area contributed by atoms with Gasteiger partial charge in [-0.15, -0.1) is 11.8 Å². The van der Waals surface area contributed by atoms with Gasteiger partial charge in [-0.05, 0) is 30.4 Å². The zero-order valence-corrected chi connectivity index (χ0v) is 12.6. The molecule has 0 unspecified atom stereocenters. The van der Waals surface area contributed by atoms with Gasteiger partial charge in [0.2, 0.25) is 0 Å². The molecule has 0 N–H and O–H groups in total. The van der Waals surface area contributed by atoms with Gasteiger partial charge >= 0.3 is 0 Å². The van der Waals surface area contributed by atoms with Crippen molar-refractivity contribution in [3.8, 4) is 0 Å². The van der Waals surface area contributed by atoms with Crippen LogP contribution in [-0.2, 0) is 0 Å². The molecule has 0 radical (unpaired) electrons. The second kappa shape index (κ2) is 6.38. The molecule has 1 aromatic carbocycles. The summed E-state index contributed by atoms with van der Waals surface area (Å²) >= 11 is 5.12. The van der Waals surface area contributed by atoms with Crippen molar-refractivity contribution in [2.24, 2.45) is 5.41 Å². The van der Waals surface area contributed by atoms with E-state index in [0.717, 1.165) is 17.1 Å². The van der Waals surface area contributed by atoms with E-state index in [1.54, 1.807) is 6.07 Å². The van der Waals surface area contributed by atoms with Crippen molar-refractivity contribution in [3.05, 3.63) is 29.8 Å². The Labute approximate surface area is 120 Å². The predicted octanol–water partition coefficient (Wildman–Crippen LogP) is 5.40. The summed E-state index contributed by atoms with van der Waals surface area (Å²) in [6, 6.07) is 3.83. The molecule has 1 fully saturated rings. The zero-order chi connectivity index (χ0) is 13.0. The zero-order valence-electron chi connectivity index (χ0n) is 10.2. The van der Waals surface area contributed by atoms with Crippen molar-refractivity contribution in [1.82, 2.24) is 0 Å². The van der Waals surface area contributed by atoms with Gasteiger partial charge in [0.25, 0.3) is 0 Å². The van der Waals surface area contributed by atoms with Crippen molar-refractivity contribution in [3.63, 3.8) is 0 Å². The first-order valence-electron chi connectivity index (χ1n) is 6.29. The Hall–Kier alpha value is -0.0900. The Morgan fingerprint density at radius 3 is 2.50 bits per heavy atom. The van der Waals surface area contributed by atoms with Gasteiger partial charge in [-0.3, -0.25) is 0 Å². The first-order chi connectivity index (χ1) is 8.65. The fraction of sp³-hybridized carbons (Fsp3) is 0.571. The first-order valence-corrected chi connectivity index (χ1v) is 8.40. The second-order valence-corrected chi connectivity index (χ2v) is 6.64. The van der Waals surface area contributed by atoms with E-state index in [1.165, 1.54) is 49.9 Å². The largest absolute Gasteiger partial charge is 0.207 e. The Bertz CT molecular complexity index is 403. The summed E-state index contributed by atoms with van der Waals surface area (Å²) in [7, 11) is 0. The van der Waals surface area contributed by atoms with Gasteiger partial charge in [0.15, 0.2) is 0 Å². The van der Waals surface area contributed by atoms with Crippen molar-refractivity contribution in [2.75, 3.05) is 11.1 Å². The summed E-state index contributed by atoms with van der Waals surface area (Å²) in [5, 5.41) is 0.968. The molecule has 1 saturated carbocycles. The first kappa shape index (κ1) is 14.3. The smallest absolute Gasteiger partial charge is 0.139 e. The van der Waals surface area contributed by atoms with Crippen LogP contribution in [0.15, 0.2) is 23.1 Å². The Morgan fingerprint density at radius 1 is 1.17 bits per heavy atom. The highest BCUT2D eigenvalue weighted by atomic mass is 79.9. The lowest BCUT2D eigenvalue weighted by Crippen LogP contribution is -2.28. The van der Waals surface area contributed by atoms with E-state index >= 15 is 0 Å².